The maximum absolute atomic E-state index is 13.0. The first-order valence-corrected chi connectivity index (χ1v) is 7.68. The van der Waals surface area contributed by atoms with Gasteiger partial charge in [0.05, 0.1) is 6.57 Å². The molecule has 2 aromatic rings. The number of alkyl halides is 2. The van der Waals surface area contributed by atoms with Crippen molar-refractivity contribution in [3.05, 3.63) is 22.7 Å². The van der Waals surface area contributed by atoms with Crippen LogP contribution in [-0.4, -0.2) is 29.3 Å². The lowest BCUT2D eigenvalue weighted by Gasteiger charge is -2.06. The second kappa shape index (κ2) is 4.92. The molecule has 0 aliphatic carbocycles. The Hall–Kier alpha value is -2.28. The number of anilines is 1. The van der Waals surface area contributed by atoms with E-state index in [9.17, 15) is 17.2 Å². The standard InChI is InChI=1S/C11H11F2N5O2S/c1-4-5-6(8(12)13)17-18-9(14)7(15-2)11(16-10(5)18)21(3,19)20/h8H,4,14H2,1,3H3. The molecular formula is C11H11F2N5O2S. The van der Waals surface area contributed by atoms with E-state index in [2.05, 4.69) is 14.9 Å². The molecule has 2 N–H and O–H groups in total. The van der Waals surface area contributed by atoms with Gasteiger partial charge in [-0.1, -0.05) is 6.92 Å². The van der Waals surface area contributed by atoms with Gasteiger partial charge >= 0.3 is 0 Å². The van der Waals surface area contributed by atoms with Crippen molar-refractivity contribution >= 4 is 27.0 Å². The lowest BCUT2D eigenvalue weighted by atomic mass is 10.2. The zero-order valence-corrected chi connectivity index (χ0v) is 11.9. The third-order valence-corrected chi connectivity index (χ3v) is 3.88. The Morgan fingerprint density at radius 3 is 2.52 bits per heavy atom. The fraction of sp³-hybridized carbons (Fsp3) is 0.364. The molecule has 0 radical (unpaired) electrons. The molecule has 2 aromatic heterocycles. The predicted molar refractivity (Wildman–Crippen MR) is 71.1 cm³/mol. The summed E-state index contributed by atoms with van der Waals surface area (Å²) < 4.78 is 50.3. The van der Waals surface area contributed by atoms with Crippen LogP contribution in [0.15, 0.2) is 5.03 Å². The van der Waals surface area contributed by atoms with E-state index in [0.717, 1.165) is 10.8 Å². The molecule has 0 fully saturated rings. The number of sulfone groups is 1. The number of hydrogen-bond donors (Lipinski definition) is 1. The summed E-state index contributed by atoms with van der Waals surface area (Å²) in [5.41, 5.74) is 4.80. The van der Waals surface area contributed by atoms with Crippen LogP contribution in [0, 0.1) is 6.57 Å². The average molecular weight is 315 g/mol. The van der Waals surface area contributed by atoms with Crippen LogP contribution in [0.3, 0.4) is 0 Å². The SMILES string of the molecule is [C-]#[N+]c1c(S(C)(=O)=O)nc2c(CC)c(C(F)F)nn2c1N. The first-order chi connectivity index (χ1) is 9.72. The van der Waals surface area contributed by atoms with Crippen molar-refractivity contribution in [2.24, 2.45) is 0 Å². The van der Waals surface area contributed by atoms with E-state index in [1.807, 2.05) is 0 Å². The van der Waals surface area contributed by atoms with Crippen molar-refractivity contribution in [1.82, 2.24) is 14.6 Å². The Kier molecular flexibility index (Phi) is 3.54. The van der Waals surface area contributed by atoms with Crippen LogP contribution in [0.25, 0.3) is 10.5 Å². The van der Waals surface area contributed by atoms with Crippen molar-refractivity contribution in [2.75, 3.05) is 12.0 Å². The lowest BCUT2D eigenvalue weighted by molar-refractivity contribution is 0.144. The molecule has 0 saturated heterocycles. The number of aromatic nitrogens is 3. The number of hydrogen-bond acceptors (Lipinski definition) is 5. The minimum atomic E-state index is -3.83. The van der Waals surface area contributed by atoms with E-state index in [-0.39, 0.29) is 23.4 Å². The lowest BCUT2D eigenvalue weighted by Crippen LogP contribution is -2.08. The van der Waals surface area contributed by atoms with E-state index >= 15 is 0 Å². The number of nitrogen functional groups attached to an aromatic ring is 1. The van der Waals surface area contributed by atoms with Crippen molar-refractivity contribution in [3.8, 4) is 0 Å². The molecule has 0 aromatic carbocycles. The van der Waals surface area contributed by atoms with Gasteiger partial charge in [-0.2, -0.15) is 5.10 Å². The van der Waals surface area contributed by atoms with Crippen LogP contribution in [0.5, 0.6) is 0 Å². The third-order valence-electron chi connectivity index (χ3n) is 2.89. The monoisotopic (exact) mass is 315 g/mol. The molecule has 2 rings (SSSR count). The van der Waals surface area contributed by atoms with Gasteiger partial charge in [0.15, 0.2) is 20.5 Å². The molecule has 0 saturated carbocycles. The first-order valence-electron chi connectivity index (χ1n) is 5.79. The molecular weight excluding hydrogens is 304 g/mol. The molecule has 112 valence electrons. The van der Waals surface area contributed by atoms with Crippen molar-refractivity contribution in [1.29, 1.82) is 0 Å². The van der Waals surface area contributed by atoms with Crippen molar-refractivity contribution in [3.63, 3.8) is 0 Å². The third kappa shape index (κ3) is 2.29. The first kappa shape index (κ1) is 15.1. The largest absolute Gasteiger partial charge is 0.392 e. The van der Waals surface area contributed by atoms with Gasteiger partial charge in [-0.15, -0.1) is 0 Å². The Bertz CT molecular complexity index is 867. The van der Waals surface area contributed by atoms with Gasteiger partial charge in [0.25, 0.3) is 12.1 Å². The molecule has 0 atom stereocenters. The minimum Gasteiger partial charge on any atom is -0.392 e. The fourth-order valence-corrected chi connectivity index (χ4v) is 2.73. The summed E-state index contributed by atoms with van der Waals surface area (Å²) in [5, 5.41) is 3.13. The molecule has 0 amide bonds. The highest BCUT2D eigenvalue weighted by Gasteiger charge is 2.27. The number of nitrogens with two attached hydrogens (primary N) is 1. The number of rotatable bonds is 3. The summed E-state index contributed by atoms with van der Waals surface area (Å²) in [5.74, 6) is -0.322. The summed E-state index contributed by atoms with van der Waals surface area (Å²) in [7, 11) is -3.83. The highest BCUT2D eigenvalue weighted by atomic mass is 32.2. The van der Waals surface area contributed by atoms with Crippen LogP contribution >= 0.6 is 0 Å². The maximum atomic E-state index is 13.0. The fourth-order valence-electron chi connectivity index (χ4n) is 1.98. The van der Waals surface area contributed by atoms with Crippen LogP contribution in [-0.2, 0) is 16.3 Å². The average Bonchev–Trinajstić information content (AvgIpc) is 2.76. The van der Waals surface area contributed by atoms with E-state index in [4.69, 9.17) is 12.3 Å². The van der Waals surface area contributed by atoms with Crippen LogP contribution in [0.2, 0.25) is 0 Å². The van der Waals surface area contributed by atoms with E-state index < -0.39 is 32.7 Å². The second-order valence-corrected chi connectivity index (χ2v) is 6.22. The summed E-state index contributed by atoms with van der Waals surface area (Å²) in [6.45, 7) is 8.64. The number of nitrogens with zero attached hydrogens (tertiary/aromatic N) is 4. The van der Waals surface area contributed by atoms with E-state index in [0.29, 0.717) is 0 Å². The molecule has 21 heavy (non-hydrogen) atoms. The van der Waals surface area contributed by atoms with Crippen LogP contribution < -0.4 is 5.73 Å². The van der Waals surface area contributed by atoms with Crippen molar-refractivity contribution in [2.45, 2.75) is 24.8 Å². The number of aryl methyl sites for hydroxylation is 1. The zero-order valence-electron chi connectivity index (χ0n) is 11.1. The highest BCUT2D eigenvalue weighted by molar-refractivity contribution is 7.90. The van der Waals surface area contributed by atoms with E-state index in [1.165, 1.54) is 0 Å². The van der Waals surface area contributed by atoms with Gasteiger partial charge in [-0.05, 0) is 6.42 Å². The van der Waals surface area contributed by atoms with Crippen LogP contribution in [0.4, 0.5) is 20.3 Å². The normalized spacial score (nSPS) is 12.0. The Morgan fingerprint density at radius 2 is 2.10 bits per heavy atom. The molecule has 2 heterocycles. The molecule has 0 unspecified atom stereocenters. The molecule has 7 nitrogen and oxygen atoms in total. The van der Waals surface area contributed by atoms with Crippen molar-refractivity contribution < 1.29 is 17.2 Å². The number of fused-ring (bicyclic) bond motifs is 1. The quantitative estimate of drug-likeness (QED) is 0.688. The minimum absolute atomic E-state index is 0.0712. The summed E-state index contributed by atoms with van der Waals surface area (Å²) >= 11 is 0. The van der Waals surface area contributed by atoms with Gasteiger partial charge in [0.2, 0.25) is 0 Å². The number of halogens is 2. The van der Waals surface area contributed by atoms with E-state index in [1.54, 1.807) is 6.92 Å². The Labute approximate surface area is 119 Å². The molecule has 10 heteroatoms. The van der Waals surface area contributed by atoms with Gasteiger partial charge in [-0.25, -0.2) is 31.5 Å². The Morgan fingerprint density at radius 1 is 1.48 bits per heavy atom. The molecule has 0 aliphatic heterocycles. The maximum Gasteiger partial charge on any atom is 0.282 e. The summed E-state index contributed by atoms with van der Waals surface area (Å²) in [6.07, 6.45) is -1.80. The van der Waals surface area contributed by atoms with Gasteiger partial charge in [0.1, 0.15) is 11.5 Å². The van der Waals surface area contributed by atoms with Gasteiger partial charge in [-0.3, -0.25) is 0 Å². The molecule has 0 bridgehead atoms. The molecule has 0 aliphatic rings. The smallest absolute Gasteiger partial charge is 0.282 e. The highest BCUT2D eigenvalue weighted by Crippen LogP contribution is 2.33. The summed E-state index contributed by atoms with van der Waals surface area (Å²) in [4.78, 5) is 6.87. The Balaban J connectivity index is 3.02. The summed E-state index contributed by atoms with van der Waals surface area (Å²) in [6, 6.07) is 0. The molecule has 0 spiro atoms. The zero-order chi connectivity index (χ0) is 15.9. The second-order valence-electron chi connectivity index (χ2n) is 4.29. The van der Waals surface area contributed by atoms with Gasteiger partial charge < -0.3 is 5.73 Å². The van der Waals surface area contributed by atoms with Gasteiger partial charge in [0, 0.05) is 11.8 Å². The topological polar surface area (TPSA) is 94.7 Å². The van der Waals surface area contributed by atoms with Crippen LogP contribution in [0.1, 0.15) is 24.6 Å². The predicted octanol–water partition coefficient (Wildman–Crippen LogP) is 1.77.